The molecule has 1 N–H and O–H groups in total. The molecule has 0 aromatic carbocycles. The first-order chi connectivity index (χ1) is 12.3. The first kappa shape index (κ1) is 15.0. The summed E-state index contributed by atoms with van der Waals surface area (Å²) >= 11 is 1.71. The van der Waals surface area contributed by atoms with E-state index in [1.807, 2.05) is 16.8 Å². The lowest BCUT2D eigenvalue weighted by Gasteiger charge is -2.24. The number of fused-ring (bicyclic) bond motifs is 3. The van der Waals surface area contributed by atoms with Crippen molar-refractivity contribution in [2.24, 2.45) is 5.10 Å². The Morgan fingerprint density at radius 3 is 2.96 bits per heavy atom. The summed E-state index contributed by atoms with van der Waals surface area (Å²) in [6.07, 6.45) is 8.25. The number of thiophene rings is 1. The Morgan fingerprint density at radius 2 is 2.16 bits per heavy atom. The van der Waals surface area contributed by atoms with E-state index in [-0.39, 0.29) is 11.5 Å². The molecule has 3 aliphatic rings. The molecule has 1 saturated heterocycles. The molecule has 0 saturated carbocycles. The molecule has 1 aliphatic carbocycles. The van der Waals surface area contributed by atoms with E-state index < -0.39 is 0 Å². The Bertz CT molecular complexity index is 962. The third kappa shape index (κ3) is 2.44. The van der Waals surface area contributed by atoms with Crippen LogP contribution in [0.3, 0.4) is 0 Å². The molecule has 6 heteroatoms. The highest BCUT2D eigenvalue weighted by atomic mass is 32.1. The van der Waals surface area contributed by atoms with Crippen LogP contribution in [0.1, 0.15) is 41.1 Å². The predicted octanol–water partition coefficient (Wildman–Crippen LogP) is 2.73. The Balaban J connectivity index is 1.65. The van der Waals surface area contributed by atoms with Crippen LogP contribution >= 0.6 is 11.3 Å². The second kappa shape index (κ2) is 5.89. The molecule has 5 nitrogen and oxygen atoms in total. The van der Waals surface area contributed by atoms with Gasteiger partial charge >= 0.3 is 0 Å². The van der Waals surface area contributed by atoms with Crippen LogP contribution in [-0.4, -0.2) is 28.5 Å². The van der Waals surface area contributed by atoms with Gasteiger partial charge in [0.2, 0.25) is 0 Å². The molecule has 2 aromatic heterocycles. The molecule has 25 heavy (non-hydrogen) atoms. The molecule has 1 fully saturated rings. The highest BCUT2D eigenvalue weighted by Gasteiger charge is 2.35. The number of hydrogen-bond donors (Lipinski definition) is 1. The highest BCUT2D eigenvalue weighted by molar-refractivity contribution is 7.11. The molecule has 2 aromatic rings. The Morgan fingerprint density at radius 1 is 1.28 bits per heavy atom. The largest absolute Gasteiger partial charge is 0.317 e. The fraction of sp³-hybridized carbons (Fsp3) is 0.316. The highest BCUT2D eigenvalue weighted by Crippen LogP contribution is 2.41. The van der Waals surface area contributed by atoms with E-state index in [4.69, 9.17) is 5.10 Å². The van der Waals surface area contributed by atoms with Gasteiger partial charge < -0.3 is 5.32 Å². The molecular formula is C19H18N4OS. The van der Waals surface area contributed by atoms with Crippen molar-refractivity contribution in [1.29, 1.82) is 0 Å². The quantitative estimate of drug-likeness (QED) is 0.906. The molecule has 126 valence electrons. The second-order valence-electron chi connectivity index (χ2n) is 6.63. The number of piperidine rings is 1. The van der Waals surface area contributed by atoms with E-state index in [1.165, 1.54) is 10.5 Å². The fourth-order valence-corrected chi connectivity index (χ4v) is 4.75. The van der Waals surface area contributed by atoms with Gasteiger partial charge in [0.05, 0.1) is 17.3 Å². The zero-order valence-electron chi connectivity index (χ0n) is 13.7. The van der Waals surface area contributed by atoms with Crippen LogP contribution in [0.5, 0.6) is 0 Å². The molecule has 0 amide bonds. The summed E-state index contributed by atoms with van der Waals surface area (Å²) in [7, 11) is 0. The van der Waals surface area contributed by atoms with Gasteiger partial charge in [-0.25, -0.2) is 4.68 Å². The van der Waals surface area contributed by atoms with Gasteiger partial charge in [-0.1, -0.05) is 18.2 Å². The van der Waals surface area contributed by atoms with Gasteiger partial charge in [0.1, 0.15) is 5.82 Å². The lowest BCUT2D eigenvalue weighted by Crippen LogP contribution is -2.29. The van der Waals surface area contributed by atoms with Gasteiger partial charge in [0.25, 0.3) is 5.56 Å². The minimum atomic E-state index is -0.156. The van der Waals surface area contributed by atoms with Crippen molar-refractivity contribution in [1.82, 2.24) is 15.0 Å². The lowest BCUT2D eigenvalue weighted by molar-refractivity contribution is 0.439. The van der Waals surface area contributed by atoms with Gasteiger partial charge in [-0.05, 0) is 49.0 Å². The fourth-order valence-electron chi connectivity index (χ4n) is 3.96. The van der Waals surface area contributed by atoms with Crippen molar-refractivity contribution in [3.63, 3.8) is 0 Å². The van der Waals surface area contributed by atoms with Crippen molar-refractivity contribution < 1.29 is 0 Å². The first-order valence-electron chi connectivity index (χ1n) is 8.67. The average molecular weight is 350 g/mol. The normalized spacial score (nSPS) is 22.3. The zero-order chi connectivity index (χ0) is 16.8. The molecule has 5 rings (SSSR count). The maximum atomic E-state index is 12.3. The van der Waals surface area contributed by atoms with Crippen LogP contribution < -0.4 is 10.9 Å². The van der Waals surface area contributed by atoms with Gasteiger partial charge in [-0.3, -0.25) is 4.79 Å². The summed E-state index contributed by atoms with van der Waals surface area (Å²) in [4.78, 5) is 17.9. The number of hydrogen-bond acceptors (Lipinski definition) is 5. The third-order valence-electron chi connectivity index (χ3n) is 5.14. The second-order valence-corrected chi connectivity index (χ2v) is 7.58. The number of nitrogens with one attached hydrogen (secondary N) is 1. The van der Waals surface area contributed by atoms with Crippen LogP contribution in [0.2, 0.25) is 0 Å². The number of nitrogens with zero attached hydrogens (tertiary/aromatic N) is 3. The Kier molecular flexibility index (Phi) is 3.53. The van der Waals surface area contributed by atoms with E-state index in [9.17, 15) is 4.79 Å². The zero-order valence-corrected chi connectivity index (χ0v) is 14.5. The molecular weight excluding hydrogens is 332 g/mol. The van der Waals surface area contributed by atoms with Crippen LogP contribution in [-0.2, 0) is 0 Å². The van der Waals surface area contributed by atoms with Crippen LogP contribution in [0.4, 0.5) is 0 Å². The molecule has 1 unspecified atom stereocenters. The average Bonchev–Trinajstić information content (AvgIpc) is 3.29. The number of allylic oxidation sites excluding steroid dienone is 4. The van der Waals surface area contributed by atoms with Crippen LogP contribution in [0.25, 0.3) is 5.57 Å². The molecule has 0 spiro atoms. The van der Waals surface area contributed by atoms with E-state index in [1.54, 1.807) is 17.4 Å². The van der Waals surface area contributed by atoms with Crippen molar-refractivity contribution >= 4 is 22.6 Å². The molecule has 2 aliphatic heterocycles. The summed E-state index contributed by atoms with van der Waals surface area (Å²) in [5, 5.41) is 10.3. The summed E-state index contributed by atoms with van der Waals surface area (Å²) in [5.41, 5.74) is 3.00. The summed E-state index contributed by atoms with van der Waals surface area (Å²) in [6, 6.07) is 5.85. The van der Waals surface area contributed by atoms with E-state index in [0.717, 1.165) is 43.2 Å². The van der Waals surface area contributed by atoms with Crippen LogP contribution in [0, 0.1) is 0 Å². The minimum Gasteiger partial charge on any atom is -0.317 e. The Hall–Kier alpha value is -2.31. The van der Waals surface area contributed by atoms with E-state index in [0.29, 0.717) is 5.92 Å². The minimum absolute atomic E-state index is 0.0435. The number of aromatic nitrogens is 2. The topological polar surface area (TPSA) is 59.3 Å². The standard InChI is InChI=1S/C19H18N4OS/c24-17-11-15(12-6-8-20-9-7-12)23-19(21-17)18-13(16-5-2-10-25-16)3-1-4-14(18)22-23/h1-5,10-12,18,20H,6-9H2. The molecule has 0 radical (unpaired) electrons. The summed E-state index contributed by atoms with van der Waals surface area (Å²) in [5.74, 6) is 1.08. The number of rotatable bonds is 2. The van der Waals surface area contributed by atoms with Crippen LogP contribution in [0.15, 0.2) is 51.7 Å². The summed E-state index contributed by atoms with van der Waals surface area (Å²) in [6.45, 7) is 1.97. The lowest BCUT2D eigenvalue weighted by atomic mass is 9.88. The van der Waals surface area contributed by atoms with Gasteiger partial charge in [-0.15, -0.1) is 11.3 Å². The summed E-state index contributed by atoms with van der Waals surface area (Å²) < 4.78 is 1.94. The predicted molar refractivity (Wildman–Crippen MR) is 100 cm³/mol. The maximum absolute atomic E-state index is 12.3. The van der Waals surface area contributed by atoms with Gasteiger partial charge in [-0.2, -0.15) is 10.1 Å². The van der Waals surface area contributed by atoms with E-state index in [2.05, 4.69) is 33.9 Å². The maximum Gasteiger partial charge on any atom is 0.273 e. The van der Waals surface area contributed by atoms with Gasteiger partial charge in [0.15, 0.2) is 0 Å². The van der Waals surface area contributed by atoms with E-state index >= 15 is 0 Å². The third-order valence-corrected chi connectivity index (χ3v) is 6.06. The first-order valence-corrected chi connectivity index (χ1v) is 9.55. The monoisotopic (exact) mass is 350 g/mol. The van der Waals surface area contributed by atoms with Crippen molar-refractivity contribution in [3.8, 4) is 0 Å². The van der Waals surface area contributed by atoms with Gasteiger partial charge in [0, 0.05) is 16.9 Å². The van der Waals surface area contributed by atoms with Crippen molar-refractivity contribution in [2.75, 3.05) is 13.1 Å². The Labute approximate surface area is 149 Å². The molecule has 4 heterocycles. The van der Waals surface area contributed by atoms with Crippen molar-refractivity contribution in [3.05, 3.63) is 68.6 Å². The molecule has 0 bridgehead atoms. The SMILES string of the molecule is O=c1cc(C2CCNCC2)n2c(n1)C1C(c3cccs3)=CC=CC1=N2. The molecule has 1 atom stereocenters. The van der Waals surface area contributed by atoms with Crippen molar-refractivity contribution in [2.45, 2.75) is 24.7 Å². The smallest absolute Gasteiger partial charge is 0.273 e.